The largest absolute Gasteiger partial charge is 0.352 e. The molecule has 1 heterocycles. The molecular weight excluding hydrogens is 428 g/mol. The van der Waals surface area contributed by atoms with Crippen molar-refractivity contribution in [1.82, 2.24) is 14.7 Å². The number of anilines is 1. The summed E-state index contributed by atoms with van der Waals surface area (Å²) in [5.41, 5.74) is 0.983. The number of nitrogens with one attached hydrogen (secondary N) is 1. The molecule has 0 aliphatic carbocycles. The third kappa shape index (κ3) is 4.34. The van der Waals surface area contributed by atoms with Gasteiger partial charge in [-0.1, -0.05) is 37.6 Å². The highest BCUT2D eigenvalue weighted by Crippen LogP contribution is 2.24. The molecule has 170 valence electrons. The number of sulfonamides is 1. The molecular formula is C23H28N4O4S. The van der Waals surface area contributed by atoms with Gasteiger partial charge in [0.15, 0.2) is 0 Å². The van der Waals surface area contributed by atoms with Gasteiger partial charge in [0.1, 0.15) is 5.69 Å². The highest BCUT2D eigenvalue weighted by molar-refractivity contribution is 7.92. The van der Waals surface area contributed by atoms with Gasteiger partial charge in [0.05, 0.1) is 16.3 Å². The predicted octanol–water partition coefficient (Wildman–Crippen LogP) is 2.84. The average molecular weight is 457 g/mol. The van der Waals surface area contributed by atoms with Crippen LogP contribution in [0.15, 0.2) is 64.3 Å². The Balaban J connectivity index is 2.00. The smallest absolute Gasteiger partial charge is 0.296 e. The molecule has 0 spiro atoms. The maximum Gasteiger partial charge on any atom is 0.296 e. The molecule has 0 atom stereocenters. The zero-order valence-electron chi connectivity index (χ0n) is 18.7. The van der Waals surface area contributed by atoms with Gasteiger partial charge in [-0.15, -0.1) is 0 Å². The Morgan fingerprint density at radius 3 is 2.44 bits per heavy atom. The van der Waals surface area contributed by atoms with Crippen LogP contribution in [0.25, 0.3) is 5.69 Å². The number of hydrogen-bond acceptors (Lipinski definition) is 4. The normalized spacial score (nSPS) is 11.4. The van der Waals surface area contributed by atoms with Crippen LogP contribution in [0.2, 0.25) is 0 Å². The third-order valence-electron chi connectivity index (χ3n) is 5.41. The number of amides is 1. The lowest BCUT2D eigenvalue weighted by Gasteiger charge is -2.18. The summed E-state index contributed by atoms with van der Waals surface area (Å²) in [5.74, 6) is -0.333. The van der Waals surface area contributed by atoms with E-state index in [4.69, 9.17) is 0 Å². The van der Waals surface area contributed by atoms with Crippen LogP contribution in [0.3, 0.4) is 0 Å². The summed E-state index contributed by atoms with van der Waals surface area (Å²) in [6, 6.07) is 14.9. The van der Waals surface area contributed by atoms with Gasteiger partial charge < -0.3 is 5.32 Å². The van der Waals surface area contributed by atoms with Crippen LogP contribution in [0.1, 0.15) is 35.8 Å². The molecule has 2 aromatic carbocycles. The van der Waals surface area contributed by atoms with Crippen LogP contribution in [0.4, 0.5) is 5.69 Å². The van der Waals surface area contributed by atoms with Crippen LogP contribution >= 0.6 is 0 Å². The number of unbranched alkanes of at least 4 members (excludes halogenated alkanes) is 1. The summed E-state index contributed by atoms with van der Waals surface area (Å²) < 4.78 is 30.8. The molecule has 1 N–H and O–H groups in total. The molecule has 9 heteroatoms. The fraction of sp³-hybridized carbons (Fsp3) is 0.304. The second-order valence-corrected chi connectivity index (χ2v) is 9.49. The Labute approximate surface area is 188 Å². The summed E-state index contributed by atoms with van der Waals surface area (Å²) in [7, 11) is -1.02. The van der Waals surface area contributed by atoms with E-state index >= 15 is 0 Å². The van der Waals surface area contributed by atoms with E-state index in [9.17, 15) is 18.0 Å². The molecule has 3 aromatic rings. The van der Waals surface area contributed by atoms with E-state index < -0.39 is 15.6 Å². The number of rotatable bonds is 8. The minimum absolute atomic E-state index is 0.0501. The molecule has 8 nitrogen and oxygen atoms in total. The third-order valence-corrected chi connectivity index (χ3v) is 7.16. The van der Waals surface area contributed by atoms with Gasteiger partial charge in [-0.05, 0) is 43.7 Å². The fourth-order valence-electron chi connectivity index (χ4n) is 3.47. The van der Waals surface area contributed by atoms with E-state index in [2.05, 4.69) is 5.32 Å². The monoisotopic (exact) mass is 456 g/mol. The molecule has 0 saturated heterocycles. The lowest BCUT2D eigenvalue weighted by atomic mass is 10.2. The first-order valence-electron chi connectivity index (χ1n) is 10.4. The van der Waals surface area contributed by atoms with Crippen LogP contribution in [-0.2, 0) is 17.1 Å². The number of benzene rings is 2. The van der Waals surface area contributed by atoms with E-state index in [-0.39, 0.29) is 22.1 Å². The second kappa shape index (κ2) is 9.44. The van der Waals surface area contributed by atoms with Crippen LogP contribution in [-0.4, -0.2) is 37.3 Å². The highest BCUT2D eigenvalue weighted by atomic mass is 32.2. The van der Waals surface area contributed by atoms with Crippen molar-refractivity contribution in [3.63, 3.8) is 0 Å². The summed E-state index contributed by atoms with van der Waals surface area (Å²) >= 11 is 0. The van der Waals surface area contributed by atoms with Gasteiger partial charge >= 0.3 is 0 Å². The number of carbonyl (C=O) groups excluding carboxylic acids is 1. The van der Waals surface area contributed by atoms with Crippen molar-refractivity contribution >= 4 is 21.6 Å². The topological polar surface area (TPSA) is 93.4 Å². The number of carbonyl (C=O) groups is 1. The maximum atomic E-state index is 13.4. The van der Waals surface area contributed by atoms with Crippen molar-refractivity contribution in [2.45, 2.75) is 31.6 Å². The molecule has 0 aliphatic rings. The number of para-hydroxylation sites is 1. The van der Waals surface area contributed by atoms with Crippen LogP contribution in [0, 0.1) is 6.92 Å². The highest BCUT2D eigenvalue weighted by Gasteiger charge is 2.29. The Morgan fingerprint density at radius 1 is 1.09 bits per heavy atom. The molecule has 1 amide bonds. The Morgan fingerprint density at radius 2 is 1.78 bits per heavy atom. The Kier molecular flexibility index (Phi) is 6.88. The van der Waals surface area contributed by atoms with Gasteiger partial charge in [-0.2, -0.15) is 0 Å². The van der Waals surface area contributed by atoms with Gasteiger partial charge in [0.25, 0.3) is 21.5 Å². The summed E-state index contributed by atoms with van der Waals surface area (Å²) in [6.07, 6.45) is 1.78. The van der Waals surface area contributed by atoms with Crippen LogP contribution < -0.4 is 15.2 Å². The zero-order chi connectivity index (χ0) is 23.5. The lowest BCUT2D eigenvalue weighted by Crippen LogP contribution is -2.32. The fourth-order valence-corrected chi connectivity index (χ4v) is 4.77. The minimum Gasteiger partial charge on any atom is -0.352 e. The first-order valence-corrected chi connectivity index (χ1v) is 11.8. The molecule has 32 heavy (non-hydrogen) atoms. The van der Waals surface area contributed by atoms with E-state index in [0.717, 1.165) is 17.1 Å². The van der Waals surface area contributed by atoms with Gasteiger partial charge in [-0.25, -0.2) is 13.1 Å². The van der Waals surface area contributed by atoms with Crippen molar-refractivity contribution in [3.05, 3.63) is 76.2 Å². The van der Waals surface area contributed by atoms with Crippen molar-refractivity contribution in [2.75, 3.05) is 17.9 Å². The summed E-state index contributed by atoms with van der Waals surface area (Å²) in [5, 5.41) is 2.78. The van der Waals surface area contributed by atoms with Gasteiger partial charge in [0, 0.05) is 26.2 Å². The molecule has 1 aromatic heterocycles. The number of nitrogens with zero attached hydrogens (tertiary/aromatic N) is 3. The van der Waals surface area contributed by atoms with Crippen molar-refractivity contribution in [2.24, 2.45) is 7.05 Å². The number of aromatic nitrogens is 2. The zero-order valence-corrected chi connectivity index (χ0v) is 19.5. The SMILES string of the molecule is CCCCNC(=O)c1cccc(S(=O)(=O)N(C)c2c(C)n(C)n(-c3ccccc3)c2=O)c1. The predicted molar refractivity (Wildman–Crippen MR) is 125 cm³/mol. The van der Waals surface area contributed by atoms with Crippen molar-refractivity contribution < 1.29 is 13.2 Å². The van der Waals surface area contributed by atoms with Gasteiger partial charge in [-0.3, -0.25) is 18.6 Å². The summed E-state index contributed by atoms with van der Waals surface area (Å²) in [4.78, 5) is 25.5. The minimum atomic E-state index is -4.08. The first-order chi connectivity index (χ1) is 15.2. The quantitative estimate of drug-likeness (QED) is 0.528. The molecule has 3 rings (SSSR count). The average Bonchev–Trinajstić information content (AvgIpc) is 3.02. The number of hydrogen-bond donors (Lipinski definition) is 1. The lowest BCUT2D eigenvalue weighted by molar-refractivity contribution is 0.0953. The van der Waals surface area contributed by atoms with Crippen LogP contribution in [0.5, 0.6) is 0 Å². The molecule has 0 fully saturated rings. The van der Waals surface area contributed by atoms with E-state index in [1.807, 2.05) is 13.0 Å². The standard InChI is InChI=1S/C23H28N4O4S/c1-5-6-15-24-22(28)18-11-10-14-20(16-18)32(30,31)26(4)21-17(2)25(3)27(23(21)29)19-12-8-7-9-13-19/h7-14,16H,5-6,15H2,1-4H3,(H,24,28). The van der Waals surface area contributed by atoms with Crippen molar-refractivity contribution in [1.29, 1.82) is 0 Å². The van der Waals surface area contributed by atoms with E-state index in [1.165, 1.54) is 29.9 Å². The molecule has 0 unspecified atom stereocenters. The summed E-state index contributed by atoms with van der Waals surface area (Å²) in [6.45, 7) is 4.24. The first kappa shape index (κ1) is 23.3. The van der Waals surface area contributed by atoms with Crippen molar-refractivity contribution in [3.8, 4) is 5.69 Å². The van der Waals surface area contributed by atoms with Gasteiger partial charge in [0.2, 0.25) is 0 Å². The molecule has 0 aliphatic heterocycles. The second-order valence-electron chi connectivity index (χ2n) is 7.52. The molecule has 0 radical (unpaired) electrons. The Hall–Kier alpha value is -3.33. The molecule has 0 saturated carbocycles. The van der Waals surface area contributed by atoms with E-state index in [0.29, 0.717) is 17.9 Å². The molecule has 0 bridgehead atoms. The van der Waals surface area contributed by atoms with E-state index in [1.54, 1.807) is 49.0 Å². The maximum absolute atomic E-state index is 13.4. The Bertz CT molecular complexity index is 1280.